The molecule has 3 aliphatic rings. The van der Waals surface area contributed by atoms with E-state index in [0.29, 0.717) is 11.3 Å². The van der Waals surface area contributed by atoms with E-state index in [1.165, 1.54) is 36.1 Å². The van der Waals surface area contributed by atoms with Crippen molar-refractivity contribution < 1.29 is 5.11 Å². The van der Waals surface area contributed by atoms with Gasteiger partial charge in [-0.15, -0.1) is 0 Å². The first-order valence-corrected chi connectivity index (χ1v) is 7.59. The maximum Gasteiger partial charge on any atom is 0.0956 e. The van der Waals surface area contributed by atoms with Crippen molar-refractivity contribution in [3.8, 4) is 11.3 Å². The molecule has 1 N–H and O–H groups in total. The van der Waals surface area contributed by atoms with Crippen LogP contribution in [0.3, 0.4) is 0 Å². The fraction of sp³-hybridized carbons (Fsp3) is 0.471. The summed E-state index contributed by atoms with van der Waals surface area (Å²) in [6.45, 7) is 0. The third-order valence-electron chi connectivity index (χ3n) is 5.95. The molecule has 1 aromatic heterocycles. The molecule has 3 nitrogen and oxygen atoms in total. The van der Waals surface area contributed by atoms with Gasteiger partial charge in [0.05, 0.1) is 30.4 Å². The highest BCUT2D eigenvalue weighted by molar-refractivity contribution is 5.69. The van der Waals surface area contributed by atoms with Crippen molar-refractivity contribution in [3.05, 3.63) is 42.4 Å². The Morgan fingerprint density at radius 1 is 1.25 bits per heavy atom. The molecule has 20 heavy (non-hydrogen) atoms. The average molecular weight is 266 g/mol. The van der Waals surface area contributed by atoms with E-state index in [2.05, 4.69) is 33.8 Å². The normalized spacial score (nSPS) is 32.4. The molecule has 0 saturated heterocycles. The predicted octanol–water partition coefficient (Wildman–Crippen LogP) is 3.00. The van der Waals surface area contributed by atoms with Crippen LogP contribution in [0.1, 0.15) is 37.3 Å². The largest absolute Gasteiger partial charge is 0.393 e. The highest BCUT2D eigenvalue weighted by atomic mass is 16.3. The van der Waals surface area contributed by atoms with Gasteiger partial charge >= 0.3 is 0 Å². The molecule has 0 radical (unpaired) electrons. The maximum absolute atomic E-state index is 10.4. The Hall–Kier alpha value is -1.61. The van der Waals surface area contributed by atoms with E-state index in [0.717, 1.165) is 6.42 Å². The average Bonchev–Trinajstić information content (AvgIpc) is 2.97. The van der Waals surface area contributed by atoms with Gasteiger partial charge in [-0.3, -0.25) is 0 Å². The van der Waals surface area contributed by atoms with E-state index in [1.807, 2.05) is 12.5 Å². The Kier molecular flexibility index (Phi) is 1.96. The number of fused-ring (bicyclic) bond motifs is 3. The van der Waals surface area contributed by atoms with Crippen LogP contribution in [0.15, 0.2) is 36.8 Å². The summed E-state index contributed by atoms with van der Waals surface area (Å²) in [6.07, 6.45) is 8.65. The molecule has 2 heterocycles. The summed E-state index contributed by atoms with van der Waals surface area (Å²) in [6, 6.07) is 8.90. The first-order chi connectivity index (χ1) is 9.80. The van der Waals surface area contributed by atoms with E-state index in [4.69, 9.17) is 0 Å². The molecule has 102 valence electrons. The van der Waals surface area contributed by atoms with E-state index >= 15 is 0 Å². The van der Waals surface area contributed by atoms with Crippen LogP contribution in [-0.2, 0) is 0 Å². The predicted molar refractivity (Wildman–Crippen MR) is 76.2 cm³/mol. The third kappa shape index (κ3) is 1.14. The number of aliphatic hydroxyl groups excluding tert-OH is 1. The molecule has 2 aliphatic carbocycles. The minimum absolute atomic E-state index is 0.151. The Morgan fingerprint density at radius 2 is 2.10 bits per heavy atom. The van der Waals surface area contributed by atoms with Crippen LogP contribution in [0.2, 0.25) is 0 Å². The Balaban J connectivity index is 1.68. The molecule has 3 atom stereocenters. The quantitative estimate of drug-likeness (QED) is 0.861. The first-order valence-electron chi connectivity index (χ1n) is 7.59. The van der Waals surface area contributed by atoms with Crippen molar-refractivity contribution in [2.24, 2.45) is 11.3 Å². The smallest absolute Gasteiger partial charge is 0.0956 e. The van der Waals surface area contributed by atoms with Crippen LogP contribution >= 0.6 is 0 Å². The van der Waals surface area contributed by atoms with Crippen molar-refractivity contribution in [2.75, 3.05) is 0 Å². The zero-order valence-electron chi connectivity index (χ0n) is 11.4. The van der Waals surface area contributed by atoms with E-state index in [1.54, 1.807) is 0 Å². The van der Waals surface area contributed by atoms with Gasteiger partial charge in [-0.05, 0) is 30.2 Å². The molecular weight excluding hydrogens is 248 g/mol. The van der Waals surface area contributed by atoms with Crippen molar-refractivity contribution in [1.29, 1.82) is 0 Å². The summed E-state index contributed by atoms with van der Waals surface area (Å²) in [5.74, 6) is 0.368. The fourth-order valence-corrected chi connectivity index (χ4v) is 4.88. The zero-order valence-corrected chi connectivity index (χ0v) is 11.4. The summed E-state index contributed by atoms with van der Waals surface area (Å²) in [5, 5.41) is 10.4. The molecule has 3 unspecified atom stereocenters. The number of imidazole rings is 1. The van der Waals surface area contributed by atoms with E-state index in [9.17, 15) is 5.11 Å². The minimum Gasteiger partial charge on any atom is -0.393 e. The Morgan fingerprint density at radius 3 is 2.85 bits per heavy atom. The summed E-state index contributed by atoms with van der Waals surface area (Å²) in [5.41, 5.74) is 4.28. The molecule has 0 amide bonds. The van der Waals surface area contributed by atoms with E-state index in [-0.39, 0.29) is 12.1 Å². The Labute approximate surface area is 118 Å². The van der Waals surface area contributed by atoms with Gasteiger partial charge in [0.25, 0.3) is 0 Å². The summed E-state index contributed by atoms with van der Waals surface area (Å²) in [4.78, 5) is 4.33. The van der Waals surface area contributed by atoms with Gasteiger partial charge in [-0.1, -0.05) is 30.7 Å². The van der Waals surface area contributed by atoms with Crippen LogP contribution in [0.25, 0.3) is 11.3 Å². The van der Waals surface area contributed by atoms with Crippen LogP contribution in [0.5, 0.6) is 0 Å². The van der Waals surface area contributed by atoms with Gasteiger partial charge in [0, 0.05) is 11.5 Å². The number of benzene rings is 1. The lowest BCUT2D eigenvalue weighted by atomic mass is 9.46. The van der Waals surface area contributed by atoms with Crippen molar-refractivity contribution in [1.82, 2.24) is 9.55 Å². The zero-order chi connectivity index (χ0) is 13.3. The number of aliphatic hydroxyl groups is 1. The maximum atomic E-state index is 10.4. The molecule has 2 saturated carbocycles. The van der Waals surface area contributed by atoms with Crippen LogP contribution in [0.4, 0.5) is 0 Å². The second-order valence-electron chi connectivity index (χ2n) is 6.73. The topological polar surface area (TPSA) is 38.1 Å². The van der Waals surface area contributed by atoms with Crippen molar-refractivity contribution >= 4 is 0 Å². The second kappa shape index (κ2) is 3.53. The minimum atomic E-state index is -0.151. The molecule has 5 rings (SSSR count). The number of rotatable bonds is 1. The fourth-order valence-electron chi connectivity index (χ4n) is 4.88. The molecular formula is C17H18N2O. The summed E-state index contributed by atoms with van der Waals surface area (Å²) >= 11 is 0. The lowest BCUT2D eigenvalue weighted by Gasteiger charge is -2.61. The number of aromatic nitrogens is 2. The second-order valence-corrected chi connectivity index (χ2v) is 6.73. The molecule has 3 heteroatoms. The molecule has 1 spiro atoms. The first kappa shape index (κ1) is 11.1. The van der Waals surface area contributed by atoms with Gasteiger partial charge in [-0.2, -0.15) is 0 Å². The molecule has 2 aromatic rings. The van der Waals surface area contributed by atoms with Crippen LogP contribution in [-0.4, -0.2) is 20.8 Å². The lowest BCUT2D eigenvalue weighted by molar-refractivity contribution is -0.165. The lowest BCUT2D eigenvalue weighted by Crippen LogP contribution is -2.58. The number of hydrogen-bond donors (Lipinski definition) is 1. The van der Waals surface area contributed by atoms with Gasteiger partial charge in [0.1, 0.15) is 0 Å². The van der Waals surface area contributed by atoms with E-state index < -0.39 is 0 Å². The van der Waals surface area contributed by atoms with Gasteiger partial charge < -0.3 is 9.67 Å². The van der Waals surface area contributed by atoms with Crippen molar-refractivity contribution in [3.63, 3.8) is 0 Å². The number of hydrogen-bond acceptors (Lipinski definition) is 2. The van der Waals surface area contributed by atoms with Crippen LogP contribution < -0.4 is 0 Å². The van der Waals surface area contributed by atoms with Gasteiger partial charge in [-0.25, -0.2) is 4.98 Å². The summed E-state index contributed by atoms with van der Waals surface area (Å²) in [7, 11) is 0. The third-order valence-corrected chi connectivity index (χ3v) is 5.95. The molecule has 1 aliphatic heterocycles. The highest BCUT2D eigenvalue weighted by Crippen LogP contribution is 2.65. The highest BCUT2D eigenvalue weighted by Gasteiger charge is 2.60. The molecule has 2 fully saturated rings. The summed E-state index contributed by atoms with van der Waals surface area (Å²) < 4.78 is 2.29. The van der Waals surface area contributed by atoms with Crippen molar-refractivity contribution in [2.45, 2.75) is 37.8 Å². The van der Waals surface area contributed by atoms with Crippen LogP contribution in [0, 0.1) is 11.3 Å². The Bertz CT molecular complexity index is 686. The molecule has 1 aromatic carbocycles. The monoisotopic (exact) mass is 266 g/mol. The number of nitrogens with zero attached hydrogens (tertiary/aromatic N) is 2. The standard InChI is InChI=1S/C17H18N2O/c20-14-8-17(6-3-7-17)15(14)16-12-5-2-1-4-11(12)13-9-18-10-19(13)16/h1-2,4-5,9-10,14-16,20H,3,6-8H2. The SMILES string of the molecule is OC1CC2(CCC2)C1C1c2ccccc2-c2cncn21. The van der Waals surface area contributed by atoms with Gasteiger partial charge in [0.2, 0.25) is 0 Å². The molecule has 0 bridgehead atoms. The van der Waals surface area contributed by atoms with Gasteiger partial charge in [0.15, 0.2) is 0 Å².